The molecule has 1 aromatic carbocycles. The molecule has 18 heavy (non-hydrogen) atoms. The number of anilines is 1. The molecule has 0 aliphatic carbocycles. The van der Waals surface area contributed by atoms with E-state index in [0.717, 1.165) is 12.1 Å². The van der Waals surface area contributed by atoms with Crippen molar-refractivity contribution in [3.8, 4) is 5.75 Å². The molecule has 98 valence electrons. The van der Waals surface area contributed by atoms with Gasteiger partial charge in [-0.3, -0.25) is 0 Å². The molecule has 0 heterocycles. The van der Waals surface area contributed by atoms with Crippen LogP contribution in [0.25, 0.3) is 0 Å². The third kappa shape index (κ3) is 2.75. The molecule has 7 nitrogen and oxygen atoms in total. The Labute approximate surface area is 99.2 Å². The first kappa shape index (κ1) is 13.5. The van der Waals surface area contributed by atoms with Crippen molar-refractivity contribution < 1.29 is 33.3 Å². The molecular weight excluding hydrogens is 254 g/mol. The zero-order valence-electron chi connectivity index (χ0n) is 8.98. The van der Waals surface area contributed by atoms with Gasteiger partial charge in [-0.2, -0.15) is 5.01 Å². The number of carbonyl (C=O) groups is 2. The first-order valence-electron chi connectivity index (χ1n) is 4.42. The first-order chi connectivity index (χ1) is 8.36. The van der Waals surface area contributed by atoms with Gasteiger partial charge in [-0.25, -0.2) is 23.8 Å². The van der Waals surface area contributed by atoms with E-state index >= 15 is 0 Å². The topological polar surface area (TPSA) is 99.1 Å². The van der Waals surface area contributed by atoms with E-state index in [1.807, 2.05) is 0 Å². The lowest BCUT2D eigenvalue weighted by Gasteiger charge is -2.19. The van der Waals surface area contributed by atoms with E-state index in [-0.39, 0.29) is 10.8 Å². The fourth-order valence-electron chi connectivity index (χ4n) is 1.17. The molecule has 0 aliphatic rings. The fraction of sp³-hybridized carbons (Fsp3) is 0.111. The van der Waals surface area contributed by atoms with Crippen molar-refractivity contribution in [3.05, 3.63) is 23.8 Å². The van der Waals surface area contributed by atoms with Crippen LogP contribution in [-0.4, -0.2) is 29.5 Å². The number of nitrogens with one attached hydrogen (secondary N) is 1. The van der Waals surface area contributed by atoms with E-state index in [1.54, 1.807) is 0 Å². The van der Waals surface area contributed by atoms with Gasteiger partial charge in [-0.15, -0.1) is 0 Å². The molecule has 0 aromatic heterocycles. The highest BCUT2D eigenvalue weighted by Crippen LogP contribution is 2.27. The van der Waals surface area contributed by atoms with Crippen LogP contribution in [0.1, 0.15) is 0 Å². The Bertz CT molecular complexity index is 471. The van der Waals surface area contributed by atoms with Crippen LogP contribution >= 0.6 is 0 Å². The summed E-state index contributed by atoms with van der Waals surface area (Å²) in [6, 6.07) is 1.44. The van der Waals surface area contributed by atoms with E-state index in [0.29, 0.717) is 0 Å². The average molecular weight is 262 g/mol. The summed E-state index contributed by atoms with van der Waals surface area (Å²) in [7, 11) is 1.17. The second kappa shape index (κ2) is 5.17. The molecule has 0 saturated carbocycles. The van der Waals surface area contributed by atoms with Crippen LogP contribution in [0, 0.1) is 11.6 Å². The minimum absolute atomic E-state index is 0.172. The molecule has 0 radical (unpaired) electrons. The zero-order chi connectivity index (χ0) is 13.9. The van der Waals surface area contributed by atoms with Crippen molar-refractivity contribution in [1.29, 1.82) is 0 Å². The Morgan fingerprint density at radius 3 is 2.11 bits per heavy atom. The van der Waals surface area contributed by atoms with Crippen molar-refractivity contribution in [1.82, 2.24) is 5.43 Å². The number of carboxylic acid groups (broad SMARTS) is 2. The normalized spacial score (nSPS) is 9.72. The molecule has 3 N–H and O–H groups in total. The van der Waals surface area contributed by atoms with E-state index in [4.69, 9.17) is 10.2 Å². The second-order valence-corrected chi connectivity index (χ2v) is 2.97. The van der Waals surface area contributed by atoms with Crippen molar-refractivity contribution in [2.75, 3.05) is 12.1 Å². The van der Waals surface area contributed by atoms with E-state index in [2.05, 4.69) is 4.74 Å². The predicted octanol–water partition coefficient (Wildman–Crippen LogP) is 1.64. The van der Waals surface area contributed by atoms with Gasteiger partial charge in [-0.05, 0) is 0 Å². The van der Waals surface area contributed by atoms with Crippen LogP contribution in [0.5, 0.6) is 5.75 Å². The summed E-state index contributed by atoms with van der Waals surface area (Å²) >= 11 is 0. The molecule has 0 spiro atoms. The van der Waals surface area contributed by atoms with Gasteiger partial charge in [0, 0.05) is 12.1 Å². The maximum Gasteiger partial charge on any atom is 0.431 e. The Balaban J connectivity index is 3.28. The molecule has 9 heteroatoms. The number of ether oxygens (including phenoxy) is 1. The average Bonchev–Trinajstić information content (AvgIpc) is 2.25. The number of hydrogen-bond acceptors (Lipinski definition) is 3. The molecule has 0 atom stereocenters. The molecule has 0 unspecified atom stereocenters. The monoisotopic (exact) mass is 262 g/mol. The lowest BCUT2D eigenvalue weighted by atomic mass is 10.2. The van der Waals surface area contributed by atoms with Gasteiger partial charge in [0.1, 0.15) is 11.4 Å². The van der Waals surface area contributed by atoms with Crippen LogP contribution in [0.2, 0.25) is 0 Å². The summed E-state index contributed by atoms with van der Waals surface area (Å²) in [5, 5.41) is 16.9. The lowest BCUT2D eigenvalue weighted by Crippen LogP contribution is -2.46. The summed E-state index contributed by atoms with van der Waals surface area (Å²) in [6.45, 7) is 0. The van der Waals surface area contributed by atoms with Crippen molar-refractivity contribution in [2.24, 2.45) is 0 Å². The van der Waals surface area contributed by atoms with E-state index in [9.17, 15) is 18.4 Å². The lowest BCUT2D eigenvalue weighted by molar-refractivity contribution is 0.180. The van der Waals surface area contributed by atoms with Crippen LogP contribution in [0.4, 0.5) is 24.1 Å². The number of nitrogens with zero attached hydrogens (tertiary/aromatic N) is 1. The maximum atomic E-state index is 13.5. The second-order valence-electron chi connectivity index (χ2n) is 2.97. The molecule has 0 fully saturated rings. The van der Waals surface area contributed by atoms with Gasteiger partial charge in [-0.1, -0.05) is 0 Å². The molecule has 1 rings (SSSR count). The summed E-state index contributed by atoms with van der Waals surface area (Å²) < 4.78 is 31.6. The van der Waals surface area contributed by atoms with Gasteiger partial charge in [0.15, 0.2) is 11.6 Å². The highest BCUT2D eigenvalue weighted by Gasteiger charge is 2.25. The first-order valence-corrected chi connectivity index (χ1v) is 4.42. The third-order valence-corrected chi connectivity index (χ3v) is 1.85. The minimum atomic E-state index is -1.89. The van der Waals surface area contributed by atoms with Crippen molar-refractivity contribution >= 4 is 17.9 Å². The molecule has 2 amide bonds. The van der Waals surface area contributed by atoms with Crippen LogP contribution in [-0.2, 0) is 0 Å². The third-order valence-electron chi connectivity index (χ3n) is 1.85. The van der Waals surface area contributed by atoms with Gasteiger partial charge in [0.25, 0.3) is 0 Å². The Morgan fingerprint density at radius 1 is 1.28 bits per heavy atom. The quantitative estimate of drug-likeness (QED) is 0.703. The summed E-state index contributed by atoms with van der Waals surface area (Å²) in [5.41, 5.74) is 0.280. The van der Waals surface area contributed by atoms with Crippen molar-refractivity contribution in [3.63, 3.8) is 0 Å². The highest BCUT2D eigenvalue weighted by atomic mass is 19.1. The van der Waals surface area contributed by atoms with Crippen LogP contribution in [0.3, 0.4) is 0 Å². The molecule has 0 saturated heterocycles. The Morgan fingerprint density at radius 2 is 1.78 bits per heavy atom. The fourth-order valence-corrected chi connectivity index (χ4v) is 1.17. The van der Waals surface area contributed by atoms with Crippen LogP contribution < -0.4 is 15.2 Å². The van der Waals surface area contributed by atoms with Gasteiger partial charge in [0.05, 0.1) is 7.11 Å². The molecule has 0 bridgehead atoms. The standard InChI is InChI=1S/C9H8F2N2O5/c1-18-4-2-5(10)7(6(11)3-4)13(9(16)17)12-8(14)15/h2-3,12H,1H3,(H,14,15)(H,16,17). The Hall–Kier alpha value is -2.58. The predicted molar refractivity (Wildman–Crippen MR) is 54.6 cm³/mol. The maximum absolute atomic E-state index is 13.5. The number of hydrogen-bond donors (Lipinski definition) is 3. The van der Waals surface area contributed by atoms with Gasteiger partial charge in [0.2, 0.25) is 0 Å². The molecule has 0 aliphatic heterocycles. The summed E-state index contributed by atoms with van der Waals surface area (Å²) in [4.78, 5) is 21.1. The number of halogens is 2. The summed E-state index contributed by atoms with van der Waals surface area (Å²) in [6.07, 6.45) is -3.67. The SMILES string of the molecule is COc1cc(F)c(N(NC(=O)O)C(=O)O)c(F)c1. The minimum Gasteiger partial charge on any atom is -0.497 e. The van der Waals surface area contributed by atoms with Crippen molar-refractivity contribution in [2.45, 2.75) is 0 Å². The molecule has 1 aromatic rings. The summed E-state index contributed by atoms with van der Waals surface area (Å²) in [5.74, 6) is -2.75. The number of rotatable bonds is 2. The van der Waals surface area contributed by atoms with Crippen LogP contribution in [0.15, 0.2) is 12.1 Å². The van der Waals surface area contributed by atoms with E-state index in [1.165, 1.54) is 12.5 Å². The van der Waals surface area contributed by atoms with Gasteiger partial charge >= 0.3 is 12.2 Å². The Kier molecular flexibility index (Phi) is 3.87. The smallest absolute Gasteiger partial charge is 0.431 e. The van der Waals surface area contributed by atoms with Gasteiger partial charge < -0.3 is 14.9 Å². The number of methoxy groups -OCH3 is 1. The molecular formula is C9H8F2N2O5. The number of benzene rings is 1. The number of hydrazine groups is 1. The van der Waals surface area contributed by atoms with E-state index < -0.39 is 29.5 Å². The largest absolute Gasteiger partial charge is 0.497 e. The zero-order valence-corrected chi connectivity index (χ0v) is 8.98. The highest BCUT2D eigenvalue weighted by molar-refractivity contribution is 5.89. The number of amides is 2.